The van der Waals surface area contributed by atoms with E-state index in [1.807, 2.05) is 6.92 Å². The molecule has 142 valence electrons. The van der Waals surface area contributed by atoms with Crippen molar-refractivity contribution in [3.63, 3.8) is 0 Å². The van der Waals surface area contributed by atoms with Gasteiger partial charge >= 0.3 is 0 Å². The van der Waals surface area contributed by atoms with Gasteiger partial charge in [-0.3, -0.25) is 4.79 Å². The summed E-state index contributed by atoms with van der Waals surface area (Å²) in [6.07, 6.45) is 4.55. The van der Waals surface area contributed by atoms with Gasteiger partial charge in [-0.1, -0.05) is 6.42 Å². The van der Waals surface area contributed by atoms with Gasteiger partial charge in [0.25, 0.3) is 5.91 Å². The van der Waals surface area contributed by atoms with E-state index < -0.39 is 10.0 Å². The predicted molar refractivity (Wildman–Crippen MR) is 102 cm³/mol. The molecule has 8 heteroatoms. The number of carbonyl (C=O) groups excluding carboxylic acids is 1. The van der Waals surface area contributed by atoms with Crippen LogP contribution in [0.1, 0.15) is 49.4 Å². The molecule has 2 rings (SSSR count). The Balaban J connectivity index is 0.00000312. The fourth-order valence-electron chi connectivity index (χ4n) is 2.92. The van der Waals surface area contributed by atoms with E-state index in [0.717, 1.165) is 32.1 Å². The Morgan fingerprint density at radius 3 is 2.52 bits per heavy atom. The molecule has 1 aromatic carbocycles. The van der Waals surface area contributed by atoms with Crippen LogP contribution in [0.3, 0.4) is 0 Å². The average molecular weight is 390 g/mol. The number of rotatable bonds is 7. The van der Waals surface area contributed by atoms with Crippen molar-refractivity contribution in [2.45, 2.75) is 50.0 Å². The Kier molecular flexibility index (Phi) is 8.85. The first kappa shape index (κ1) is 21.9. The van der Waals surface area contributed by atoms with Crippen LogP contribution in [0.15, 0.2) is 29.2 Å². The highest BCUT2D eigenvalue weighted by Gasteiger charge is 2.30. The zero-order valence-electron chi connectivity index (χ0n) is 14.6. The molecule has 25 heavy (non-hydrogen) atoms. The quantitative estimate of drug-likeness (QED) is 0.699. The Labute approximate surface area is 156 Å². The van der Waals surface area contributed by atoms with Crippen LogP contribution in [0.4, 0.5) is 0 Å². The number of sulfonamides is 1. The number of carbonyl (C=O) groups is 1. The van der Waals surface area contributed by atoms with Crippen molar-refractivity contribution in [3.05, 3.63) is 29.8 Å². The summed E-state index contributed by atoms with van der Waals surface area (Å²) in [6.45, 7) is 3.69. The summed E-state index contributed by atoms with van der Waals surface area (Å²) in [6, 6.07) is 6.20. The summed E-state index contributed by atoms with van der Waals surface area (Å²) in [5, 5.41) is 2.81. The first-order valence-electron chi connectivity index (χ1n) is 8.57. The first-order valence-corrected chi connectivity index (χ1v) is 10.0. The van der Waals surface area contributed by atoms with Gasteiger partial charge in [0.1, 0.15) is 0 Å². The molecule has 0 spiro atoms. The van der Waals surface area contributed by atoms with Crippen LogP contribution >= 0.6 is 12.4 Å². The maximum Gasteiger partial charge on any atom is 0.251 e. The van der Waals surface area contributed by atoms with Crippen molar-refractivity contribution in [1.29, 1.82) is 0 Å². The first-order chi connectivity index (χ1) is 11.5. The van der Waals surface area contributed by atoms with Crippen molar-refractivity contribution in [3.8, 4) is 0 Å². The molecule has 1 aliphatic rings. The number of piperidine rings is 1. The summed E-state index contributed by atoms with van der Waals surface area (Å²) in [5.41, 5.74) is 5.88. The lowest BCUT2D eigenvalue weighted by Crippen LogP contribution is -2.41. The van der Waals surface area contributed by atoms with Gasteiger partial charge in [0.15, 0.2) is 0 Å². The molecule has 1 atom stereocenters. The van der Waals surface area contributed by atoms with E-state index in [1.165, 1.54) is 12.1 Å². The van der Waals surface area contributed by atoms with Crippen LogP contribution in [0, 0.1) is 0 Å². The zero-order chi connectivity index (χ0) is 17.6. The number of benzene rings is 1. The number of hydrogen-bond donors (Lipinski definition) is 2. The van der Waals surface area contributed by atoms with E-state index >= 15 is 0 Å². The third-order valence-corrected chi connectivity index (χ3v) is 6.41. The lowest BCUT2D eigenvalue weighted by Gasteiger charge is -2.32. The Morgan fingerprint density at radius 2 is 1.92 bits per heavy atom. The number of nitrogens with zero attached hydrogens (tertiary/aromatic N) is 1. The van der Waals surface area contributed by atoms with E-state index in [9.17, 15) is 13.2 Å². The summed E-state index contributed by atoms with van der Waals surface area (Å²) in [5.74, 6) is -0.192. The molecule has 0 radical (unpaired) electrons. The molecule has 1 aliphatic heterocycles. The molecule has 1 unspecified atom stereocenters. The molecule has 0 bridgehead atoms. The average Bonchev–Trinajstić information content (AvgIpc) is 2.59. The van der Waals surface area contributed by atoms with Gasteiger partial charge in [-0.15, -0.1) is 12.4 Å². The molecule has 1 saturated heterocycles. The highest BCUT2D eigenvalue weighted by Crippen LogP contribution is 2.25. The normalized spacial score (nSPS) is 18.4. The van der Waals surface area contributed by atoms with Gasteiger partial charge in [-0.25, -0.2) is 8.42 Å². The van der Waals surface area contributed by atoms with Crippen LogP contribution in [0.2, 0.25) is 0 Å². The van der Waals surface area contributed by atoms with E-state index in [1.54, 1.807) is 16.4 Å². The second kappa shape index (κ2) is 10.1. The molecular weight excluding hydrogens is 362 g/mol. The fraction of sp³-hybridized carbons (Fsp3) is 0.588. The molecule has 1 heterocycles. The minimum atomic E-state index is -3.49. The number of amides is 1. The SMILES string of the molecule is CC1CCCCN1S(=O)(=O)c1ccc(C(=O)NCCCCN)cc1.Cl. The predicted octanol–water partition coefficient (Wildman–Crippen LogP) is 2.14. The van der Waals surface area contributed by atoms with Gasteiger partial charge in [0, 0.05) is 24.7 Å². The van der Waals surface area contributed by atoms with Crippen LogP contribution in [-0.2, 0) is 10.0 Å². The number of nitrogens with two attached hydrogens (primary N) is 1. The standard InChI is InChI=1S/C17H27N3O3S.ClH/c1-14-6-2-5-13-20(14)24(22,23)16-9-7-15(8-10-16)17(21)19-12-4-3-11-18;/h7-10,14H,2-6,11-13,18H2,1H3,(H,19,21);1H. The molecular formula is C17H28ClN3O3S. The topological polar surface area (TPSA) is 92.5 Å². The van der Waals surface area contributed by atoms with Crippen molar-refractivity contribution in [2.24, 2.45) is 5.73 Å². The number of halogens is 1. The molecule has 6 nitrogen and oxygen atoms in total. The van der Waals surface area contributed by atoms with Gasteiger partial charge < -0.3 is 11.1 Å². The van der Waals surface area contributed by atoms with Crippen molar-refractivity contribution in [2.75, 3.05) is 19.6 Å². The minimum Gasteiger partial charge on any atom is -0.352 e. The Hall–Kier alpha value is -1.15. The van der Waals surface area contributed by atoms with Gasteiger partial charge in [0.2, 0.25) is 10.0 Å². The third kappa shape index (κ3) is 5.67. The molecule has 0 aliphatic carbocycles. The van der Waals surface area contributed by atoms with E-state index in [4.69, 9.17) is 5.73 Å². The summed E-state index contributed by atoms with van der Waals surface area (Å²) in [4.78, 5) is 12.3. The lowest BCUT2D eigenvalue weighted by molar-refractivity contribution is 0.0953. The van der Waals surface area contributed by atoms with Crippen LogP contribution in [0.25, 0.3) is 0 Å². The second-order valence-electron chi connectivity index (χ2n) is 6.24. The molecule has 0 saturated carbocycles. The lowest BCUT2D eigenvalue weighted by atomic mass is 10.1. The summed E-state index contributed by atoms with van der Waals surface area (Å²) in [7, 11) is -3.49. The number of hydrogen-bond acceptors (Lipinski definition) is 4. The monoisotopic (exact) mass is 389 g/mol. The van der Waals surface area contributed by atoms with E-state index in [0.29, 0.717) is 25.2 Å². The van der Waals surface area contributed by atoms with Gasteiger partial charge in [0.05, 0.1) is 4.90 Å². The third-order valence-electron chi connectivity index (χ3n) is 4.38. The summed E-state index contributed by atoms with van der Waals surface area (Å²) >= 11 is 0. The molecule has 0 aromatic heterocycles. The summed E-state index contributed by atoms with van der Waals surface area (Å²) < 4.78 is 27.0. The van der Waals surface area contributed by atoms with Gasteiger partial charge in [-0.2, -0.15) is 4.31 Å². The Morgan fingerprint density at radius 1 is 1.24 bits per heavy atom. The fourth-order valence-corrected chi connectivity index (χ4v) is 4.62. The van der Waals surface area contributed by atoms with E-state index in [2.05, 4.69) is 5.32 Å². The minimum absolute atomic E-state index is 0. The highest BCUT2D eigenvalue weighted by atomic mass is 35.5. The van der Waals surface area contributed by atoms with E-state index in [-0.39, 0.29) is 29.3 Å². The smallest absolute Gasteiger partial charge is 0.251 e. The largest absolute Gasteiger partial charge is 0.352 e. The highest BCUT2D eigenvalue weighted by molar-refractivity contribution is 7.89. The van der Waals surface area contributed by atoms with Crippen molar-refractivity contribution >= 4 is 28.3 Å². The zero-order valence-corrected chi connectivity index (χ0v) is 16.2. The van der Waals surface area contributed by atoms with Gasteiger partial charge in [-0.05, 0) is 63.4 Å². The molecule has 3 N–H and O–H groups in total. The molecule has 1 amide bonds. The Bertz CT molecular complexity index is 650. The molecule has 1 aromatic rings. The van der Waals surface area contributed by atoms with Crippen LogP contribution in [0.5, 0.6) is 0 Å². The second-order valence-corrected chi connectivity index (χ2v) is 8.13. The number of unbranched alkanes of at least 4 members (excludes halogenated alkanes) is 1. The van der Waals surface area contributed by atoms with Crippen molar-refractivity contribution < 1.29 is 13.2 Å². The maximum absolute atomic E-state index is 12.7. The van der Waals surface area contributed by atoms with Crippen molar-refractivity contribution in [1.82, 2.24) is 9.62 Å². The van der Waals surface area contributed by atoms with Crippen LogP contribution in [-0.4, -0.2) is 44.3 Å². The molecule has 1 fully saturated rings. The van der Waals surface area contributed by atoms with Crippen LogP contribution < -0.4 is 11.1 Å². The number of nitrogens with one attached hydrogen (secondary N) is 1. The maximum atomic E-state index is 12.7.